The van der Waals surface area contributed by atoms with Crippen LogP contribution in [0.1, 0.15) is 52.9 Å². The molecule has 5 nitrogen and oxygen atoms in total. The second-order valence-electron chi connectivity index (χ2n) is 7.19. The van der Waals surface area contributed by atoms with Crippen LogP contribution in [-0.4, -0.2) is 58.5 Å². The minimum Gasteiger partial charge on any atom is -0.480 e. The van der Waals surface area contributed by atoms with E-state index in [0.29, 0.717) is 19.0 Å². The van der Waals surface area contributed by atoms with Crippen LogP contribution in [0.15, 0.2) is 0 Å². The molecule has 2 aliphatic rings. The standard InChI is InChI=1S/C16H28N2O3/c1-12-7-4-5-9-17(12)11-16(2,3)15(21)18-10-6-8-13(18)14(19)20/h12-13H,4-11H2,1-3H3,(H,19,20). The highest BCUT2D eigenvalue weighted by atomic mass is 16.4. The summed E-state index contributed by atoms with van der Waals surface area (Å²) in [6.45, 7) is 8.46. The molecule has 0 aromatic carbocycles. The van der Waals surface area contributed by atoms with Gasteiger partial charge in [-0.2, -0.15) is 0 Å². The molecule has 2 atom stereocenters. The van der Waals surface area contributed by atoms with Crippen LogP contribution in [0.4, 0.5) is 0 Å². The molecule has 0 aromatic rings. The average molecular weight is 296 g/mol. The number of carboxylic acid groups (broad SMARTS) is 1. The van der Waals surface area contributed by atoms with E-state index >= 15 is 0 Å². The Hall–Kier alpha value is -1.10. The van der Waals surface area contributed by atoms with E-state index in [2.05, 4.69) is 11.8 Å². The fraction of sp³-hybridized carbons (Fsp3) is 0.875. The highest BCUT2D eigenvalue weighted by Gasteiger charge is 2.41. The van der Waals surface area contributed by atoms with Crippen LogP contribution in [0.2, 0.25) is 0 Å². The number of nitrogens with zero attached hydrogens (tertiary/aromatic N) is 2. The van der Waals surface area contributed by atoms with Crippen LogP contribution in [0.5, 0.6) is 0 Å². The molecule has 2 heterocycles. The average Bonchev–Trinajstić information content (AvgIpc) is 2.89. The Balaban J connectivity index is 2.03. The molecular formula is C16H28N2O3. The Morgan fingerprint density at radius 2 is 1.86 bits per heavy atom. The van der Waals surface area contributed by atoms with Crippen molar-refractivity contribution < 1.29 is 14.7 Å². The van der Waals surface area contributed by atoms with Crippen molar-refractivity contribution in [3.05, 3.63) is 0 Å². The van der Waals surface area contributed by atoms with Gasteiger partial charge in [0.1, 0.15) is 6.04 Å². The van der Waals surface area contributed by atoms with Crippen LogP contribution in [0.25, 0.3) is 0 Å². The van der Waals surface area contributed by atoms with Crippen LogP contribution in [-0.2, 0) is 9.59 Å². The number of hydrogen-bond acceptors (Lipinski definition) is 3. The lowest BCUT2D eigenvalue weighted by Crippen LogP contribution is -2.52. The van der Waals surface area contributed by atoms with Gasteiger partial charge in [0.05, 0.1) is 5.41 Å². The van der Waals surface area contributed by atoms with Crippen molar-refractivity contribution >= 4 is 11.9 Å². The second kappa shape index (κ2) is 6.34. The molecule has 2 aliphatic heterocycles. The summed E-state index contributed by atoms with van der Waals surface area (Å²) in [4.78, 5) is 28.0. The SMILES string of the molecule is CC1CCCCN1CC(C)(C)C(=O)N1CCCC1C(=O)O. The summed E-state index contributed by atoms with van der Waals surface area (Å²) >= 11 is 0. The first-order valence-corrected chi connectivity index (χ1v) is 8.11. The molecule has 2 saturated heterocycles. The summed E-state index contributed by atoms with van der Waals surface area (Å²) in [5, 5.41) is 9.26. The van der Waals surface area contributed by atoms with Crippen molar-refractivity contribution in [3.8, 4) is 0 Å². The minimum atomic E-state index is -0.872. The van der Waals surface area contributed by atoms with Gasteiger partial charge < -0.3 is 10.0 Å². The Kier molecular flexibility index (Phi) is 4.91. The summed E-state index contributed by atoms with van der Waals surface area (Å²) in [5.74, 6) is -0.881. The third-order valence-corrected chi connectivity index (χ3v) is 4.92. The molecule has 1 amide bonds. The Bertz CT molecular complexity index is 408. The van der Waals surface area contributed by atoms with Gasteiger partial charge >= 0.3 is 5.97 Å². The first-order valence-electron chi connectivity index (χ1n) is 8.11. The van der Waals surface area contributed by atoms with Crippen LogP contribution < -0.4 is 0 Å². The van der Waals surface area contributed by atoms with Gasteiger partial charge in [0.25, 0.3) is 0 Å². The lowest BCUT2D eigenvalue weighted by Gasteiger charge is -2.40. The van der Waals surface area contributed by atoms with Crippen molar-refractivity contribution in [2.75, 3.05) is 19.6 Å². The minimum absolute atomic E-state index is 0.00910. The molecule has 120 valence electrons. The van der Waals surface area contributed by atoms with Crippen molar-refractivity contribution in [1.82, 2.24) is 9.80 Å². The van der Waals surface area contributed by atoms with E-state index in [-0.39, 0.29) is 5.91 Å². The number of aliphatic carboxylic acids is 1. The number of carboxylic acids is 1. The highest BCUT2D eigenvalue weighted by Crippen LogP contribution is 2.29. The molecular weight excluding hydrogens is 268 g/mol. The number of rotatable bonds is 4. The Labute approximate surface area is 127 Å². The smallest absolute Gasteiger partial charge is 0.326 e. The number of hydrogen-bond donors (Lipinski definition) is 1. The summed E-state index contributed by atoms with van der Waals surface area (Å²) in [6, 6.07) is -0.116. The molecule has 0 bridgehead atoms. The molecule has 0 spiro atoms. The maximum Gasteiger partial charge on any atom is 0.326 e. The molecule has 0 saturated carbocycles. The van der Waals surface area contributed by atoms with Crippen LogP contribution >= 0.6 is 0 Å². The summed E-state index contributed by atoms with van der Waals surface area (Å²) in [7, 11) is 0. The van der Waals surface area contributed by atoms with Crippen LogP contribution in [0.3, 0.4) is 0 Å². The van der Waals surface area contributed by atoms with Crippen molar-refractivity contribution in [2.45, 2.75) is 65.0 Å². The number of likely N-dealkylation sites (tertiary alicyclic amines) is 2. The number of carbonyl (C=O) groups is 2. The van der Waals surface area contributed by atoms with Gasteiger partial charge in [0.15, 0.2) is 0 Å². The zero-order chi connectivity index (χ0) is 15.6. The molecule has 21 heavy (non-hydrogen) atoms. The van der Waals surface area contributed by atoms with Gasteiger partial charge in [-0.3, -0.25) is 9.69 Å². The number of amides is 1. The van der Waals surface area contributed by atoms with Gasteiger partial charge in [-0.25, -0.2) is 4.79 Å². The topological polar surface area (TPSA) is 60.9 Å². The summed E-state index contributed by atoms with van der Waals surface area (Å²) in [5.41, 5.74) is -0.524. The second-order valence-corrected chi connectivity index (χ2v) is 7.19. The zero-order valence-electron chi connectivity index (χ0n) is 13.5. The van der Waals surface area contributed by atoms with Gasteiger partial charge in [0.2, 0.25) is 5.91 Å². The monoisotopic (exact) mass is 296 g/mol. The van der Waals surface area contributed by atoms with E-state index in [0.717, 1.165) is 19.5 Å². The fourth-order valence-electron chi connectivity index (χ4n) is 3.62. The molecule has 5 heteroatoms. The number of piperidine rings is 1. The lowest BCUT2D eigenvalue weighted by atomic mass is 9.88. The first-order chi connectivity index (χ1) is 9.83. The van der Waals surface area contributed by atoms with E-state index in [1.54, 1.807) is 4.90 Å². The zero-order valence-corrected chi connectivity index (χ0v) is 13.5. The quantitative estimate of drug-likeness (QED) is 0.861. The van der Waals surface area contributed by atoms with E-state index < -0.39 is 17.4 Å². The molecule has 2 fully saturated rings. The van der Waals surface area contributed by atoms with Gasteiger partial charge in [-0.1, -0.05) is 6.42 Å². The molecule has 2 rings (SSSR count). The summed E-state index contributed by atoms with van der Waals surface area (Å²) in [6.07, 6.45) is 5.01. The molecule has 0 aliphatic carbocycles. The fourth-order valence-corrected chi connectivity index (χ4v) is 3.62. The van der Waals surface area contributed by atoms with Crippen molar-refractivity contribution in [2.24, 2.45) is 5.41 Å². The Morgan fingerprint density at radius 1 is 1.14 bits per heavy atom. The van der Waals surface area contributed by atoms with Gasteiger partial charge in [-0.05, 0) is 53.0 Å². The highest BCUT2D eigenvalue weighted by molar-refractivity contribution is 5.87. The molecule has 0 aromatic heterocycles. The predicted molar refractivity (Wildman–Crippen MR) is 81.0 cm³/mol. The first kappa shape index (κ1) is 16.3. The molecule has 1 N–H and O–H groups in total. The predicted octanol–water partition coefficient (Wildman–Crippen LogP) is 1.96. The van der Waals surface area contributed by atoms with E-state index in [1.165, 1.54) is 19.3 Å². The maximum atomic E-state index is 12.8. The third-order valence-electron chi connectivity index (χ3n) is 4.92. The third kappa shape index (κ3) is 3.57. The van der Waals surface area contributed by atoms with Gasteiger partial charge in [0, 0.05) is 19.1 Å². The van der Waals surface area contributed by atoms with E-state index in [4.69, 9.17) is 0 Å². The maximum absolute atomic E-state index is 12.8. The van der Waals surface area contributed by atoms with Crippen molar-refractivity contribution in [1.29, 1.82) is 0 Å². The lowest BCUT2D eigenvalue weighted by molar-refractivity contribution is -0.153. The summed E-state index contributed by atoms with van der Waals surface area (Å²) < 4.78 is 0. The normalized spacial score (nSPS) is 27.9. The molecule has 2 unspecified atom stereocenters. The van der Waals surface area contributed by atoms with E-state index in [1.807, 2.05) is 13.8 Å². The van der Waals surface area contributed by atoms with Crippen LogP contribution in [0, 0.1) is 5.41 Å². The largest absolute Gasteiger partial charge is 0.480 e. The van der Waals surface area contributed by atoms with Crippen molar-refractivity contribution in [3.63, 3.8) is 0 Å². The van der Waals surface area contributed by atoms with E-state index in [9.17, 15) is 14.7 Å². The number of carbonyl (C=O) groups excluding carboxylic acids is 1. The van der Waals surface area contributed by atoms with Gasteiger partial charge in [-0.15, -0.1) is 0 Å². The Morgan fingerprint density at radius 3 is 2.48 bits per heavy atom. The molecule has 0 radical (unpaired) electrons.